The molecule has 0 aromatic heterocycles. The van der Waals surface area contributed by atoms with Crippen LogP contribution in [0.4, 0.5) is 10.1 Å². The molecule has 0 saturated carbocycles. The molecule has 0 heterocycles. The van der Waals surface area contributed by atoms with Crippen LogP contribution in [0.3, 0.4) is 0 Å². The van der Waals surface area contributed by atoms with Gasteiger partial charge in [-0.1, -0.05) is 17.7 Å². The molecular weight excluding hydrogens is 321 g/mol. The van der Waals surface area contributed by atoms with Crippen LogP contribution in [0.5, 0.6) is 11.5 Å². The van der Waals surface area contributed by atoms with Crippen LogP contribution in [-0.4, -0.2) is 24.9 Å². The Morgan fingerprint density at radius 2 is 1.96 bits per heavy atom. The van der Waals surface area contributed by atoms with E-state index >= 15 is 0 Å². The van der Waals surface area contributed by atoms with E-state index in [0.29, 0.717) is 24.7 Å². The molecule has 0 aliphatic heterocycles. The van der Waals surface area contributed by atoms with E-state index < -0.39 is 5.82 Å². The number of aliphatic hydroxyl groups is 1. The molecule has 2 aromatic carbocycles. The van der Waals surface area contributed by atoms with Gasteiger partial charge in [0.1, 0.15) is 12.4 Å². The van der Waals surface area contributed by atoms with E-state index in [9.17, 15) is 4.39 Å². The van der Waals surface area contributed by atoms with Gasteiger partial charge in [-0.3, -0.25) is 0 Å². The summed E-state index contributed by atoms with van der Waals surface area (Å²) in [5.74, 6) is 0.771. The van der Waals surface area contributed by atoms with Crippen LogP contribution >= 0.6 is 11.6 Å². The minimum Gasteiger partial charge on any atom is -0.490 e. The average Bonchev–Trinajstić information content (AvgIpc) is 2.55. The van der Waals surface area contributed by atoms with E-state index in [0.717, 1.165) is 11.3 Å². The van der Waals surface area contributed by atoms with Crippen molar-refractivity contribution in [1.29, 1.82) is 0 Å². The molecule has 6 heteroatoms. The molecule has 0 radical (unpaired) electrons. The fourth-order valence-electron chi connectivity index (χ4n) is 2.02. The maximum atomic E-state index is 13.1. The van der Waals surface area contributed by atoms with Gasteiger partial charge in [0.05, 0.1) is 18.2 Å². The first-order valence-corrected chi connectivity index (χ1v) is 7.70. The fourth-order valence-corrected chi connectivity index (χ4v) is 2.20. The molecule has 2 N–H and O–H groups in total. The third-order valence-electron chi connectivity index (χ3n) is 3.07. The number of ether oxygens (including phenoxy) is 2. The van der Waals surface area contributed by atoms with Gasteiger partial charge < -0.3 is 19.9 Å². The summed E-state index contributed by atoms with van der Waals surface area (Å²) < 4.78 is 24.1. The van der Waals surface area contributed by atoms with Gasteiger partial charge in [-0.05, 0) is 42.8 Å². The molecule has 0 saturated heterocycles. The Kier molecular flexibility index (Phi) is 6.50. The Hall–Kier alpha value is -1.98. The average molecular weight is 340 g/mol. The standard InChI is InChI=1S/C17H19ClFNO3/c1-2-22-17-9-12(3-6-16(17)23-8-7-21)11-20-13-4-5-15(19)14(18)10-13/h3-6,9-10,20-21H,2,7-8,11H2,1H3. The van der Waals surface area contributed by atoms with Crippen LogP contribution in [0.1, 0.15) is 12.5 Å². The zero-order valence-electron chi connectivity index (χ0n) is 12.8. The van der Waals surface area contributed by atoms with Gasteiger partial charge in [-0.2, -0.15) is 0 Å². The molecule has 0 spiro atoms. The van der Waals surface area contributed by atoms with E-state index in [2.05, 4.69) is 5.32 Å². The predicted octanol–water partition coefficient (Wildman–Crippen LogP) is 3.86. The third-order valence-corrected chi connectivity index (χ3v) is 3.36. The Morgan fingerprint density at radius 3 is 2.65 bits per heavy atom. The second kappa shape index (κ2) is 8.60. The van der Waals surface area contributed by atoms with E-state index in [1.165, 1.54) is 6.07 Å². The van der Waals surface area contributed by atoms with Crippen LogP contribution in [-0.2, 0) is 6.54 Å². The molecule has 0 fully saturated rings. The number of rotatable bonds is 8. The zero-order chi connectivity index (χ0) is 16.7. The summed E-state index contributed by atoms with van der Waals surface area (Å²) in [6, 6.07) is 10.1. The van der Waals surface area contributed by atoms with E-state index in [1.54, 1.807) is 18.2 Å². The van der Waals surface area contributed by atoms with Crippen LogP contribution in [0.15, 0.2) is 36.4 Å². The van der Waals surface area contributed by atoms with Crippen molar-refractivity contribution in [2.45, 2.75) is 13.5 Å². The van der Waals surface area contributed by atoms with E-state index in [-0.39, 0.29) is 18.2 Å². The molecular formula is C17H19ClFNO3. The summed E-state index contributed by atoms with van der Waals surface area (Å²) in [4.78, 5) is 0. The quantitative estimate of drug-likeness (QED) is 0.766. The maximum Gasteiger partial charge on any atom is 0.161 e. The van der Waals surface area contributed by atoms with Crippen LogP contribution in [0.25, 0.3) is 0 Å². The number of nitrogens with one attached hydrogen (secondary N) is 1. The lowest BCUT2D eigenvalue weighted by atomic mass is 10.2. The van der Waals surface area contributed by atoms with Crippen molar-refractivity contribution in [2.24, 2.45) is 0 Å². The van der Waals surface area contributed by atoms with Crippen molar-refractivity contribution in [3.8, 4) is 11.5 Å². The minimum absolute atomic E-state index is 0.0554. The molecule has 2 aromatic rings. The van der Waals surface area contributed by atoms with Crippen molar-refractivity contribution in [3.05, 3.63) is 52.8 Å². The number of hydrogen-bond donors (Lipinski definition) is 2. The van der Waals surface area contributed by atoms with Crippen molar-refractivity contribution >= 4 is 17.3 Å². The lowest BCUT2D eigenvalue weighted by Gasteiger charge is -2.13. The number of anilines is 1. The first-order valence-electron chi connectivity index (χ1n) is 7.32. The van der Waals surface area contributed by atoms with Crippen molar-refractivity contribution in [3.63, 3.8) is 0 Å². The van der Waals surface area contributed by atoms with Gasteiger partial charge in [0.15, 0.2) is 11.5 Å². The van der Waals surface area contributed by atoms with Crippen molar-refractivity contribution in [1.82, 2.24) is 0 Å². The Labute approximate surface area is 139 Å². The van der Waals surface area contributed by atoms with Crippen LogP contribution in [0.2, 0.25) is 5.02 Å². The molecule has 2 rings (SSSR count). The second-order valence-corrected chi connectivity index (χ2v) is 5.18. The van der Waals surface area contributed by atoms with Crippen molar-refractivity contribution < 1.29 is 19.0 Å². The highest BCUT2D eigenvalue weighted by molar-refractivity contribution is 6.31. The summed E-state index contributed by atoms with van der Waals surface area (Å²) >= 11 is 5.76. The zero-order valence-corrected chi connectivity index (χ0v) is 13.6. The topological polar surface area (TPSA) is 50.7 Å². The van der Waals surface area contributed by atoms with E-state index in [4.69, 9.17) is 26.2 Å². The highest BCUT2D eigenvalue weighted by atomic mass is 35.5. The van der Waals surface area contributed by atoms with Crippen molar-refractivity contribution in [2.75, 3.05) is 25.1 Å². The SMILES string of the molecule is CCOc1cc(CNc2ccc(F)c(Cl)c2)ccc1OCCO. The van der Waals surface area contributed by atoms with Gasteiger partial charge in [0.2, 0.25) is 0 Å². The molecule has 23 heavy (non-hydrogen) atoms. The summed E-state index contributed by atoms with van der Waals surface area (Å²) in [6.45, 7) is 3.09. The predicted molar refractivity (Wildman–Crippen MR) is 88.9 cm³/mol. The highest BCUT2D eigenvalue weighted by Crippen LogP contribution is 2.29. The minimum atomic E-state index is -0.443. The van der Waals surface area contributed by atoms with Gasteiger partial charge in [0.25, 0.3) is 0 Å². The van der Waals surface area contributed by atoms with Crippen LogP contribution < -0.4 is 14.8 Å². The Morgan fingerprint density at radius 1 is 1.13 bits per heavy atom. The third kappa shape index (κ3) is 5.01. The summed E-state index contributed by atoms with van der Waals surface area (Å²) in [5, 5.41) is 12.1. The number of benzene rings is 2. The Bertz CT molecular complexity index is 652. The fraction of sp³-hybridized carbons (Fsp3) is 0.294. The number of halogens is 2. The summed E-state index contributed by atoms with van der Waals surface area (Å²) in [6.07, 6.45) is 0. The molecule has 0 aliphatic rings. The number of hydrogen-bond acceptors (Lipinski definition) is 4. The monoisotopic (exact) mass is 339 g/mol. The lowest BCUT2D eigenvalue weighted by Crippen LogP contribution is -2.05. The van der Waals surface area contributed by atoms with Crippen LogP contribution in [0, 0.1) is 5.82 Å². The molecule has 124 valence electrons. The molecule has 4 nitrogen and oxygen atoms in total. The number of aliphatic hydroxyl groups excluding tert-OH is 1. The largest absolute Gasteiger partial charge is 0.490 e. The van der Waals surface area contributed by atoms with Gasteiger partial charge in [-0.25, -0.2) is 4.39 Å². The maximum absolute atomic E-state index is 13.1. The molecule has 0 amide bonds. The smallest absolute Gasteiger partial charge is 0.161 e. The summed E-state index contributed by atoms with van der Waals surface area (Å²) in [5.41, 5.74) is 1.71. The first kappa shape index (κ1) is 17.4. The summed E-state index contributed by atoms with van der Waals surface area (Å²) in [7, 11) is 0. The molecule has 0 unspecified atom stereocenters. The molecule has 0 bridgehead atoms. The van der Waals surface area contributed by atoms with E-state index in [1.807, 2.05) is 19.1 Å². The normalized spacial score (nSPS) is 10.4. The first-order chi connectivity index (χ1) is 11.1. The second-order valence-electron chi connectivity index (χ2n) is 4.77. The molecule has 0 atom stereocenters. The molecule has 0 aliphatic carbocycles. The van der Waals surface area contributed by atoms with Gasteiger partial charge >= 0.3 is 0 Å². The Balaban J connectivity index is 2.06. The van der Waals surface area contributed by atoms with Gasteiger partial charge in [-0.15, -0.1) is 0 Å². The highest BCUT2D eigenvalue weighted by Gasteiger charge is 2.07. The lowest BCUT2D eigenvalue weighted by molar-refractivity contribution is 0.194. The van der Waals surface area contributed by atoms with Gasteiger partial charge in [0, 0.05) is 12.2 Å².